The Morgan fingerprint density at radius 1 is 1.36 bits per heavy atom. The Labute approximate surface area is 145 Å². The Morgan fingerprint density at radius 3 is 2.68 bits per heavy atom. The molecule has 0 bridgehead atoms. The number of carbonyl (C=O) groups is 1. The van der Waals surface area contributed by atoms with Crippen LogP contribution in [-0.2, 0) is 11.3 Å². The average molecular weight is 346 g/mol. The molecule has 2 rings (SSSR count). The van der Waals surface area contributed by atoms with Crippen LogP contribution in [-0.4, -0.2) is 34.5 Å². The Morgan fingerprint density at radius 2 is 2.08 bits per heavy atom. The molecule has 0 unspecified atom stereocenters. The highest BCUT2D eigenvalue weighted by atomic mass is 16.6. The molecule has 8 heteroatoms. The van der Waals surface area contributed by atoms with Crippen LogP contribution in [0.25, 0.3) is 0 Å². The molecular weight excluding hydrogens is 324 g/mol. The number of benzene rings is 1. The number of carbonyl (C=O) groups excluding carboxylic acids is 1. The minimum absolute atomic E-state index is 0.00618. The molecule has 1 aromatic carbocycles. The first kappa shape index (κ1) is 18.6. The molecule has 134 valence electrons. The highest BCUT2D eigenvalue weighted by molar-refractivity contribution is 5.92. The molecule has 25 heavy (non-hydrogen) atoms. The second-order valence-electron chi connectivity index (χ2n) is 6.05. The summed E-state index contributed by atoms with van der Waals surface area (Å²) < 4.78 is 5.13. The maximum absolute atomic E-state index is 12.1. The van der Waals surface area contributed by atoms with Crippen molar-refractivity contribution in [3.8, 4) is 0 Å². The molecule has 8 nitrogen and oxygen atoms in total. The second kappa shape index (κ2) is 7.89. The average Bonchev–Trinajstić information content (AvgIpc) is 2.86. The number of aryl methyl sites for hydroxylation is 2. The zero-order chi connectivity index (χ0) is 18.6. The number of amides is 1. The van der Waals surface area contributed by atoms with Crippen LogP contribution in [0.15, 0.2) is 22.7 Å². The molecule has 0 radical (unpaired) electrons. The molecule has 1 N–H and O–H groups in total. The molecule has 1 heterocycles. The lowest BCUT2D eigenvalue weighted by molar-refractivity contribution is -0.385. The van der Waals surface area contributed by atoms with Crippen LogP contribution in [0.3, 0.4) is 0 Å². The van der Waals surface area contributed by atoms with Crippen LogP contribution in [0.4, 0.5) is 11.4 Å². The van der Waals surface area contributed by atoms with Crippen LogP contribution in [0.2, 0.25) is 0 Å². The lowest BCUT2D eigenvalue weighted by Gasteiger charge is -2.16. The summed E-state index contributed by atoms with van der Waals surface area (Å²) in [6.07, 6.45) is 0.280. The van der Waals surface area contributed by atoms with Gasteiger partial charge in [0.2, 0.25) is 5.91 Å². The summed E-state index contributed by atoms with van der Waals surface area (Å²) in [7, 11) is 1.91. The van der Waals surface area contributed by atoms with Gasteiger partial charge in [-0.1, -0.05) is 11.2 Å². The maximum Gasteiger partial charge on any atom is 0.274 e. The van der Waals surface area contributed by atoms with E-state index in [1.807, 2.05) is 25.8 Å². The third-order valence-corrected chi connectivity index (χ3v) is 4.11. The van der Waals surface area contributed by atoms with Gasteiger partial charge in [0.1, 0.15) is 5.76 Å². The van der Waals surface area contributed by atoms with E-state index in [0.717, 1.165) is 17.0 Å². The van der Waals surface area contributed by atoms with E-state index in [0.29, 0.717) is 24.3 Å². The summed E-state index contributed by atoms with van der Waals surface area (Å²) in [5.41, 5.74) is 2.78. The number of nitro benzene ring substituents is 1. The molecule has 0 saturated carbocycles. The molecule has 0 aliphatic rings. The SMILES string of the molecule is Cc1noc(C)c1CN(C)CCC(=O)Nc1cccc([N+](=O)[O-])c1C. The van der Waals surface area contributed by atoms with Crippen LogP contribution in [0.1, 0.15) is 29.0 Å². The van der Waals surface area contributed by atoms with E-state index < -0.39 is 4.92 Å². The lowest BCUT2D eigenvalue weighted by Crippen LogP contribution is -2.24. The van der Waals surface area contributed by atoms with Crippen LogP contribution in [0, 0.1) is 30.9 Å². The van der Waals surface area contributed by atoms with Crippen LogP contribution in [0.5, 0.6) is 0 Å². The van der Waals surface area contributed by atoms with Crippen molar-refractivity contribution in [3.05, 3.63) is 50.9 Å². The molecule has 0 atom stereocenters. The highest BCUT2D eigenvalue weighted by Crippen LogP contribution is 2.25. The highest BCUT2D eigenvalue weighted by Gasteiger charge is 2.16. The van der Waals surface area contributed by atoms with Crippen LogP contribution >= 0.6 is 0 Å². The van der Waals surface area contributed by atoms with E-state index >= 15 is 0 Å². The number of hydrogen-bond acceptors (Lipinski definition) is 6. The molecular formula is C17H22N4O4. The fourth-order valence-corrected chi connectivity index (χ4v) is 2.54. The van der Waals surface area contributed by atoms with Crippen molar-refractivity contribution in [2.24, 2.45) is 0 Å². The lowest BCUT2D eigenvalue weighted by atomic mass is 10.1. The van der Waals surface area contributed by atoms with Gasteiger partial charge in [0.25, 0.3) is 5.69 Å². The first-order valence-corrected chi connectivity index (χ1v) is 7.93. The van der Waals surface area contributed by atoms with E-state index in [9.17, 15) is 14.9 Å². The quantitative estimate of drug-likeness (QED) is 0.611. The number of nitrogens with one attached hydrogen (secondary N) is 1. The molecule has 2 aromatic rings. The zero-order valence-corrected chi connectivity index (χ0v) is 14.8. The number of hydrogen-bond donors (Lipinski definition) is 1. The predicted molar refractivity (Wildman–Crippen MR) is 93.4 cm³/mol. The second-order valence-corrected chi connectivity index (χ2v) is 6.05. The van der Waals surface area contributed by atoms with Gasteiger partial charge in [-0.15, -0.1) is 0 Å². The van der Waals surface area contributed by atoms with E-state index in [1.165, 1.54) is 6.07 Å². The van der Waals surface area contributed by atoms with E-state index in [4.69, 9.17) is 4.52 Å². The van der Waals surface area contributed by atoms with Crippen molar-refractivity contribution in [1.82, 2.24) is 10.1 Å². The first-order chi connectivity index (χ1) is 11.8. The van der Waals surface area contributed by atoms with Gasteiger partial charge in [-0.3, -0.25) is 14.9 Å². The standard InChI is InChI=1S/C17H22N4O4/c1-11-15(6-5-7-16(11)21(23)24)18-17(22)8-9-20(4)10-14-12(2)19-25-13(14)3/h5-7H,8-10H2,1-4H3,(H,18,22). The zero-order valence-electron chi connectivity index (χ0n) is 14.8. The van der Waals surface area contributed by atoms with E-state index in [2.05, 4.69) is 10.5 Å². The summed E-state index contributed by atoms with van der Waals surface area (Å²) in [5, 5.41) is 17.6. The van der Waals surface area contributed by atoms with Crippen molar-refractivity contribution in [2.45, 2.75) is 33.7 Å². The van der Waals surface area contributed by atoms with E-state index in [1.54, 1.807) is 19.1 Å². The largest absolute Gasteiger partial charge is 0.361 e. The summed E-state index contributed by atoms with van der Waals surface area (Å²) in [4.78, 5) is 24.7. The molecule has 0 spiro atoms. The molecule has 0 aliphatic heterocycles. The van der Waals surface area contributed by atoms with Gasteiger partial charge >= 0.3 is 0 Å². The number of anilines is 1. The minimum Gasteiger partial charge on any atom is -0.361 e. The van der Waals surface area contributed by atoms with E-state index in [-0.39, 0.29) is 18.0 Å². The van der Waals surface area contributed by atoms with Gasteiger partial charge in [-0.25, -0.2) is 0 Å². The van der Waals surface area contributed by atoms with Gasteiger partial charge < -0.3 is 14.7 Å². The number of aromatic nitrogens is 1. The number of rotatable bonds is 7. The molecule has 0 fully saturated rings. The van der Waals surface area contributed by atoms with Crippen molar-refractivity contribution >= 4 is 17.3 Å². The molecule has 0 aliphatic carbocycles. The third-order valence-electron chi connectivity index (χ3n) is 4.11. The molecule has 1 amide bonds. The van der Waals surface area contributed by atoms with Gasteiger partial charge in [0, 0.05) is 31.1 Å². The monoisotopic (exact) mass is 346 g/mol. The van der Waals surface area contributed by atoms with Crippen molar-refractivity contribution < 1.29 is 14.2 Å². The fourth-order valence-electron chi connectivity index (χ4n) is 2.54. The third kappa shape index (κ3) is 4.63. The molecule has 0 saturated heterocycles. The van der Waals surface area contributed by atoms with Crippen molar-refractivity contribution in [2.75, 3.05) is 18.9 Å². The van der Waals surface area contributed by atoms with Crippen molar-refractivity contribution in [3.63, 3.8) is 0 Å². The Kier molecular flexibility index (Phi) is 5.87. The number of nitrogens with zero attached hydrogens (tertiary/aromatic N) is 3. The smallest absolute Gasteiger partial charge is 0.274 e. The topological polar surface area (TPSA) is 102 Å². The fraction of sp³-hybridized carbons (Fsp3) is 0.412. The van der Waals surface area contributed by atoms with Gasteiger partial charge in [-0.05, 0) is 33.9 Å². The van der Waals surface area contributed by atoms with Gasteiger partial charge in [0.15, 0.2) is 0 Å². The Bertz CT molecular complexity index is 765. The normalized spacial score (nSPS) is 10.9. The number of nitro groups is 1. The summed E-state index contributed by atoms with van der Waals surface area (Å²) in [6, 6.07) is 4.64. The maximum atomic E-state index is 12.1. The Hall–Kier alpha value is -2.74. The first-order valence-electron chi connectivity index (χ1n) is 7.93. The van der Waals surface area contributed by atoms with Crippen molar-refractivity contribution in [1.29, 1.82) is 0 Å². The summed E-state index contributed by atoms with van der Waals surface area (Å²) in [6.45, 7) is 6.56. The molecule has 1 aromatic heterocycles. The van der Waals surface area contributed by atoms with Crippen LogP contribution < -0.4 is 5.32 Å². The summed E-state index contributed by atoms with van der Waals surface area (Å²) >= 11 is 0. The Balaban J connectivity index is 1.91. The van der Waals surface area contributed by atoms with Gasteiger partial charge in [0.05, 0.1) is 21.9 Å². The van der Waals surface area contributed by atoms with Gasteiger partial charge in [-0.2, -0.15) is 0 Å². The predicted octanol–water partition coefficient (Wildman–Crippen LogP) is 2.97. The summed E-state index contributed by atoms with van der Waals surface area (Å²) in [5.74, 6) is 0.593. The minimum atomic E-state index is -0.456.